The number of hydrogen-bond donors (Lipinski definition) is 0. The van der Waals surface area contributed by atoms with Crippen molar-refractivity contribution < 1.29 is 27.1 Å². The zero-order chi connectivity index (χ0) is 8.39. The molecule has 69 valence electrons. The van der Waals surface area contributed by atoms with Gasteiger partial charge in [0, 0.05) is 0 Å². The van der Waals surface area contributed by atoms with Gasteiger partial charge in [0.15, 0.2) is 0 Å². The van der Waals surface area contributed by atoms with Crippen LogP contribution in [-0.4, -0.2) is 27.5 Å². The fourth-order valence-electron chi connectivity index (χ4n) is 1.11. The predicted molar refractivity (Wildman–Crippen MR) is 53.1 cm³/mol. The van der Waals surface area contributed by atoms with E-state index in [-0.39, 0.29) is 44.8 Å². The zero-order valence-corrected chi connectivity index (χ0v) is 11.7. The Bertz CT molecular complexity index is 343. The summed E-state index contributed by atoms with van der Waals surface area (Å²) in [6, 6.07) is 10.4. The van der Waals surface area contributed by atoms with Crippen LogP contribution in [0.3, 0.4) is 0 Å². The minimum atomic E-state index is -0.202. The van der Waals surface area contributed by atoms with Crippen LogP contribution >= 0.6 is 0 Å². The fraction of sp³-hybridized carbons (Fsp3) is 0.100. The molecule has 1 aliphatic rings. The van der Waals surface area contributed by atoms with E-state index in [4.69, 9.17) is 0 Å². The Balaban J connectivity index is 0.000000845. The van der Waals surface area contributed by atoms with Gasteiger partial charge < -0.3 is 24.0 Å². The van der Waals surface area contributed by atoms with Crippen LogP contribution in [0.4, 0.5) is 0 Å². The largest absolute Gasteiger partial charge is 1.00 e. The van der Waals surface area contributed by atoms with Crippen molar-refractivity contribution in [2.24, 2.45) is 0 Å². The quantitative estimate of drug-likeness (QED) is 0.306. The minimum Gasteiger partial charge on any atom is -1.00 e. The van der Waals surface area contributed by atoms with Crippen LogP contribution < -0.4 is 24.0 Å². The third-order valence-electron chi connectivity index (χ3n) is 1.70. The number of hydrogen-bond acceptors (Lipinski definition) is 0. The van der Waals surface area contributed by atoms with Gasteiger partial charge in [-0.3, -0.25) is 0 Å². The summed E-state index contributed by atoms with van der Waals surface area (Å²) in [5.74, 6) is 1.18. The SMILES string of the molecule is CC1=[Te][OH+]C(c2ccccc2)=C1.[I-]. The molecule has 0 amide bonds. The van der Waals surface area contributed by atoms with Gasteiger partial charge >= 0.3 is 82.2 Å². The first-order valence-electron chi connectivity index (χ1n) is 3.85. The van der Waals surface area contributed by atoms with Gasteiger partial charge in [-0.1, -0.05) is 0 Å². The van der Waals surface area contributed by atoms with E-state index in [1.807, 2.05) is 6.07 Å². The van der Waals surface area contributed by atoms with E-state index in [2.05, 4.69) is 40.4 Å². The molecule has 0 aliphatic carbocycles. The molecule has 1 aromatic carbocycles. The second-order valence-corrected chi connectivity index (χ2v) is 5.57. The van der Waals surface area contributed by atoms with Crippen molar-refractivity contribution >= 4 is 30.2 Å². The second-order valence-electron chi connectivity index (χ2n) is 2.69. The van der Waals surface area contributed by atoms with E-state index in [1.165, 1.54) is 14.9 Å². The topological polar surface area (TPSA) is 12.8 Å². The van der Waals surface area contributed by atoms with E-state index < -0.39 is 0 Å². The van der Waals surface area contributed by atoms with E-state index in [9.17, 15) is 0 Å². The molecule has 2 rings (SSSR count). The van der Waals surface area contributed by atoms with Crippen LogP contribution in [0.1, 0.15) is 12.5 Å². The molecule has 0 saturated carbocycles. The van der Waals surface area contributed by atoms with Crippen molar-refractivity contribution in [1.29, 1.82) is 0 Å². The van der Waals surface area contributed by atoms with Gasteiger partial charge in [-0.05, 0) is 0 Å². The molecule has 3 heteroatoms. The first-order valence-corrected chi connectivity index (χ1v) is 6.06. The Hall–Kier alpha value is 0.150. The molecule has 1 heterocycles. The summed E-state index contributed by atoms with van der Waals surface area (Å²) in [7, 11) is 0. The van der Waals surface area contributed by atoms with Gasteiger partial charge in [0.05, 0.1) is 0 Å². The molecule has 0 unspecified atom stereocenters. The Morgan fingerprint density at radius 1 is 1.15 bits per heavy atom. The van der Waals surface area contributed by atoms with Crippen LogP contribution in [0.2, 0.25) is 0 Å². The zero-order valence-electron chi connectivity index (χ0n) is 7.20. The molecule has 1 aromatic rings. The molecule has 1 nitrogen and oxygen atoms in total. The monoisotopic (exact) mass is 403 g/mol. The van der Waals surface area contributed by atoms with Gasteiger partial charge in [-0.2, -0.15) is 0 Å². The summed E-state index contributed by atoms with van der Waals surface area (Å²) in [6.07, 6.45) is 2.21. The van der Waals surface area contributed by atoms with Gasteiger partial charge in [0.2, 0.25) is 0 Å². The van der Waals surface area contributed by atoms with Crippen LogP contribution in [0.25, 0.3) is 5.76 Å². The maximum absolute atomic E-state index is 4.54. The maximum atomic E-state index is 4.54. The Labute approximate surface area is 105 Å². The molecule has 0 aromatic heterocycles. The van der Waals surface area contributed by atoms with Crippen molar-refractivity contribution in [2.45, 2.75) is 6.92 Å². The summed E-state index contributed by atoms with van der Waals surface area (Å²) in [5.41, 5.74) is 1.25. The van der Waals surface area contributed by atoms with Crippen molar-refractivity contribution in [1.82, 2.24) is 0 Å². The van der Waals surface area contributed by atoms with Gasteiger partial charge in [0.1, 0.15) is 0 Å². The van der Waals surface area contributed by atoms with Gasteiger partial charge in [-0.25, -0.2) is 0 Å². The molecular weight excluding hydrogens is 391 g/mol. The Morgan fingerprint density at radius 2 is 1.85 bits per heavy atom. The van der Waals surface area contributed by atoms with Gasteiger partial charge in [0.25, 0.3) is 0 Å². The smallest absolute Gasteiger partial charge is 1.00 e. The minimum absolute atomic E-state index is 0. The van der Waals surface area contributed by atoms with Crippen molar-refractivity contribution in [3.8, 4) is 0 Å². The van der Waals surface area contributed by atoms with E-state index in [1.54, 1.807) is 0 Å². The van der Waals surface area contributed by atoms with E-state index in [0.29, 0.717) is 0 Å². The van der Waals surface area contributed by atoms with Crippen LogP contribution in [0, 0.1) is 0 Å². The molecule has 0 bridgehead atoms. The molecular formula is C10H10IOTe. The number of benzene rings is 1. The third kappa shape index (κ3) is 2.80. The first kappa shape index (κ1) is 11.2. The maximum Gasteiger partial charge on any atom is -1.00 e. The number of allylic oxidation sites excluding steroid dienone is 1. The summed E-state index contributed by atoms with van der Waals surface area (Å²) >= 11 is -0.202. The third-order valence-corrected chi connectivity index (χ3v) is 3.68. The molecule has 0 spiro atoms. The van der Waals surface area contributed by atoms with Crippen molar-refractivity contribution in [3.63, 3.8) is 0 Å². The molecule has 0 atom stereocenters. The molecule has 1 N–H and O–H groups in total. The molecule has 1 radical (unpaired) electrons. The van der Waals surface area contributed by atoms with Crippen molar-refractivity contribution in [3.05, 3.63) is 42.0 Å². The standard InChI is InChI=1S/C10H10OTe.HI/c1-8-7-10(11-12-8)9-5-3-2-4-6-9;/h2-7,11H,1H3;1H/q+1;/p-1. The summed E-state index contributed by atoms with van der Waals surface area (Å²) < 4.78 is 6.01. The van der Waals surface area contributed by atoms with E-state index >= 15 is 0 Å². The predicted octanol–water partition coefficient (Wildman–Crippen LogP) is -1.62. The second kappa shape index (κ2) is 5.14. The summed E-state index contributed by atoms with van der Waals surface area (Å²) in [6.45, 7) is 2.17. The molecule has 1 aliphatic heterocycles. The summed E-state index contributed by atoms with van der Waals surface area (Å²) in [5, 5.41) is 0. The van der Waals surface area contributed by atoms with Crippen LogP contribution in [-0.2, 0) is 0 Å². The average molecular weight is 401 g/mol. The Kier molecular flexibility index (Phi) is 4.43. The van der Waals surface area contributed by atoms with Gasteiger partial charge in [-0.15, -0.1) is 0 Å². The molecule has 13 heavy (non-hydrogen) atoms. The average Bonchev–Trinajstić information content (AvgIpc) is 2.54. The number of aliphatic hydroxyl groups is 1. The van der Waals surface area contributed by atoms with E-state index in [0.717, 1.165) is 0 Å². The molecule has 0 fully saturated rings. The van der Waals surface area contributed by atoms with Crippen LogP contribution in [0.5, 0.6) is 0 Å². The number of rotatable bonds is 1. The fourth-order valence-corrected chi connectivity index (χ4v) is 2.72. The normalized spacial score (nSPS) is 13.9. The molecule has 0 saturated heterocycles. The summed E-state index contributed by atoms with van der Waals surface area (Å²) in [4.78, 5) is 0. The van der Waals surface area contributed by atoms with Crippen LogP contribution in [0.15, 0.2) is 36.4 Å². The first-order chi connectivity index (χ1) is 5.86. The van der Waals surface area contributed by atoms with Crippen molar-refractivity contribution in [2.75, 3.05) is 0 Å². The number of halogens is 1. The Morgan fingerprint density at radius 3 is 2.38 bits per heavy atom.